The van der Waals surface area contributed by atoms with Crippen LogP contribution in [0.1, 0.15) is 57.5 Å². The predicted octanol–water partition coefficient (Wildman–Crippen LogP) is 4.69. The molecule has 0 spiro atoms. The Bertz CT molecular complexity index is 1200. The summed E-state index contributed by atoms with van der Waals surface area (Å²) < 4.78 is 5.36. The third kappa shape index (κ3) is 4.30. The van der Waals surface area contributed by atoms with E-state index in [9.17, 15) is 14.9 Å². The van der Waals surface area contributed by atoms with E-state index in [1.165, 1.54) is 18.3 Å². The van der Waals surface area contributed by atoms with Crippen molar-refractivity contribution in [3.63, 3.8) is 0 Å². The Morgan fingerprint density at radius 1 is 1.22 bits per heavy atom. The minimum absolute atomic E-state index is 0.345. The van der Waals surface area contributed by atoms with Crippen molar-refractivity contribution in [2.24, 2.45) is 0 Å². The fraction of sp³-hybridized carbons (Fsp3) is 0.333. The summed E-state index contributed by atoms with van der Waals surface area (Å²) in [7, 11) is 0. The first-order valence-electron chi connectivity index (χ1n) is 10.6. The highest BCUT2D eigenvalue weighted by Gasteiger charge is 2.25. The zero-order chi connectivity index (χ0) is 22.8. The van der Waals surface area contributed by atoms with E-state index >= 15 is 0 Å². The Labute approximate surface area is 190 Å². The number of ether oxygens (including phenoxy) is 1. The molecular formula is C24H24N4O3S. The monoisotopic (exact) mass is 448 g/mol. The van der Waals surface area contributed by atoms with Crippen LogP contribution in [-0.4, -0.2) is 27.9 Å². The summed E-state index contributed by atoms with van der Waals surface area (Å²) in [5.41, 5.74) is 4.71. The molecule has 1 aromatic carbocycles. The number of carbonyl (C=O) groups is 2. The SMILES string of the molecule is Cc1nc(-c2ccc(C(=O)OC(C)C(=O)Nc3sc4c(c3C#N)CCCC4)cc2)[nH]c1C. The summed E-state index contributed by atoms with van der Waals surface area (Å²) >= 11 is 1.45. The van der Waals surface area contributed by atoms with Gasteiger partial charge < -0.3 is 15.0 Å². The second kappa shape index (κ2) is 8.97. The number of imidazole rings is 1. The topological polar surface area (TPSA) is 108 Å². The summed E-state index contributed by atoms with van der Waals surface area (Å²) in [4.78, 5) is 34.0. The molecule has 0 radical (unpaired) electrons. The van der Waals surface area contributed by atoms with Gasteiger partial charge in [-0.2, -0.15) is 5.26 Å². The van der Waals surface area contributed by atoms with Crippen LogP contribution in [0.15, 0.2) is 24.3 Å². The van der Waals surface area contributed by atoms with Crippen molar-refractivity contribution in [3.8, 4) is 17.5 Å². The van der Waals surface area contributed by atoms with Gasteiger partial charge in [-0.05, 0) is 64.2 Å². The van der Waals surface area contributed by atoms with Crippen LogP contribution in [0.25, 0.3) is 11.4 Å². The fourth-order valence-electron chi connectivity index (χ4n) is 3.72. The Kier molecular flexibility index (Phi) is 6.10. The van der Waals surface area contributed by atoms with E-state index in [-0.39, 0.29) is 0 Å². The number of carbonyl (C=O) groups excluding carboxylic acids is 2. The lowest BCUT2D eigenvalue weighted by atomic mass is 9.96. The van der Waals surface area contributed by atoms with Gasteiger partial charge in [0, 0.05) is 16.1 Å². The highest BCUT2D eigenvalue weighted by atomic mass is 32.1. The highest BCUT2D eigenvalue weighted by Crippen LogP contribution is 2.37. The zero-order valence-corrected chi connectivity index (χ0v) is 19.1. The average molecular weight is 449 g/mol. The molecule has 2 N–H and O–H groups in total. The van der Waals surface area contributed by atoms with Crippen LogP contribution in [0.2, 0.25) is 0 Å². The number of fused-ring (bicyclic) bond motifs is 1. The van der Waals surface area contributed by atoms with Crippen LogP contribution >= 0.6 is 11.3 Å². The van der Waals surface area contributed by atoms with Crippen LogP contribution in [0.5, 0.6) is 0 Å². The van der Waals surface area contributed by atoms with Gasteiger partial charge in [0.05, 0.1) is 16.8 Å². The summed E-state index contributed by atoms with van der Waals surface area (Å²) in [6, 6.07) is 9.09. The van der Waals surface area contributed by atoms with Crippen molar-refractivity contribution in [1.29, 1.82) is 5.26 Å². The number of H-pyrrole nitrogens is 1. The van der Waals surface area contributed by atoms with Crippen molar-refractivity contribution in [2.45, 2.75) is 52.6 Å². The maximum Gasteiger partial charge on any atom is 0.338 e. The summed E-state index contributed by atoms with van der Waals surface area (Å²) in [6.45, 7) is 5.41. The first-order chi connectivity index (χ1) is 15.4. The summed E-state index contributed by atoms with van der Waals surface area (Å²) in [5.74, 6) is -0.303. The molecule has 32 heavy (non-hydrogen) atoms. The van der Waals surface area contributed by atoms with E-state index in [1.54, 1.807) is 24.3 Å². The predicted molar refractivity (Wildman–Crippen MR) is 123 cm³/mol. The number of aromatic nitrogens is 2. The molecule has 3 aromatic rings. The van der Waals surface area contributed by atoms with Crippen LogP contribution in [0.4, 0.5) is 5.00 Å². The number of nitrogens with zero attached hydrogens (tertiary/aromatic N) is 2. The minimum Gasteiger partial charge on any atom is -0.449 e. The van der Waals surface area contributed by atoms with Crippen LogP contribution < -0.4 is 5.32 Å². The molecule has 1 unspecified atom stereocenters. The van der Waals surface area contributed by atoms with Crippen molar-refractivity contribution in [2.75, 3.05) is 5.32 Å². The molecule has 2 heterocycles. The van der Waals surface area contributed by atoms with Crippen molar-refractivity contribution in [3.05, 3.63) is 57.2 Å². The van der Waals surface area contributed by atoms with E-state index in [4.69, 9.17) is 4.74 Å². The Morgan fingerprint density at radius 3 is 2.59 bits per heavy atom. The number of benzene rings is 1. The van der Waals surface area contributed by atoms with Gasteiger partial charge in [-0.3, -0.25) is 4.79 Å². The van der Waals surface area contributed by atoms with Crippen molar-refractivity contribution in [1.82, 2.24) is 9.97 Å². The normalized spacial score (nSPS) is 13.7. The smallest absolute Gasteiger partial charge is 0.338 e. The second-order valence-corrected chi connectivity index (χ2v) is 9.04. The van der Waals surface area contributed by atoms with Crippen molar-refractivity contribution >= 4 is 28.2 Å². The maximum absolute atomic E-state index is 12.6. The van der Waals surface area contributed by atoms with Gasteiger partial charge in [0.15, 0.2) is 6.10 Å². The average Bonchev–Trinajstić information content (AvgIpc) is 3.32. The van der Waals surface area contributed by atoms with Gasteiger partial charge in [-0.25, -0.2) is 9.78 Å². The lowest BCUT2D eigenvalue weighted by Crippen LogP contribution is -2.30. The van der Waals surface area contributed by atoms with Gasteiger partial charge in [-0.1, -0.05) is 12.1 Å². The van der Waals surface area contributed by atoms with E-state index in [0.717, 1.165) is 58.9 Å². The second-order valence-electron chi connectivity index (χ2n) is 7.94. The molecular weight excluding hydrogens is 424 g/mol. The fourth-order valence-corrected chi connectivity index (χ4v) is 4.96. The number of rotatable bonds is 5. The number of esters is 1. The molecule has 8 heteroatoms. The van der Waals surface area contributed by atoms with Crippen LogP contribution in [0, 0.1) is 25.2 Å². The number of hydrogen-bond acceptors (Lipinski definition) is 6. The molecule has 0 saturated carbocycles. The largest absolute Gasteiger partial charge is 0.449 e. The Hall–Kier alpha value is -3.44. The molecule has 0 bridgehead atoms. The first kappa shape index (κ1) is 21.8. The van der Waals surface area contributed by atoms with E-state index < -0.39 is 18.0 Å². The molecule has 1 aliphatic carbocycles. The Balaban J connectivity index is 1.41. The molecule has 4 rings (SSSR count). The van der Waals surface area contributed by atoms with Gasteiger partial charge in [0.2, 0.25) is 0 Å². The van der Waals surface area contributed by atoms with E-state index in [2.05, 4.69) is 21.4 Å². The molecule has 1 aliphatic rings. The minimum atomic E-state index is -0.997. The molecule has 1 atom stereocenters. The number of anilines is 1. The van der Waals surface area contributed by atoms with E-state index in [0.29, 0.717) is 16.1 Å². The molecule has 0 saturated heterocycles. The number of nitriles is 1. The van der Waals surface area contributed by atoms with Gasteiger partial charge in [0.25, 0.3) is 5.91 Å². The molecule has 164 valence electrons. The van der Waals surface area contributed by atoms with Gasteiger partial charge >= 0.3 is 5.97 Å². The van der Waals surface area contributed by atoms with E-state index in [1.807, 2.05) is 13.8 Å². The molecule has 1 amide bonds. The number of nitrogens with one attached hydrogen (secondary N) is 2. The lowest BCUT2D eigenvalue weighted by Gasteiger charge is -2.13. The maximum atomic E-state index is 12.6. The van der Waals surface area contributed by atoms with Gasteiger partial charge in [-0.15, -0.1) is 11.3 Å². The zero-order valence-electron chi connectivity index (χ0n) is 18.2. The first-order valence-corrected chi connectivity index (χ1v) is 11.4. The number of hydrogen-bond donors (Lipinski definition) is 2. The van der Waals surface area contributed by atoms with Gasteiger partial charge in [0.1, 0.15) is 16.9 Å². The molecule has 7 nitrogen and oxygen atoms in total. The standard InChI is InChI=1S/C24H24N4O3S/c1-13-14(2)27-21(26-13)16-8-10-17(11-9-16)24(30)31-15(3)22(29)28-23-19(12-25)18-6-4-5-7-20(18)32-23/h8-11,15H,4-7H2,1-3H3,(H,26,27)(H,28,29). The quantitative estimate of drug-likeness (QED) is 0.551. The Morgan fingerprint density at radius 2 is 1.94 bits per heavy atom. The molecule has 0 aliphatic heterocycles. The number of aromatic amines is 1. The van der Waals surface area contributed by atoms with Crippen LogP contribution in [0.3, 0.4) is 0 Å². The molecule has 0 fully saturated rings. The highest BCUT2D eigenvalue weighted by molar-refractivity contribution is 7.16. The van der Waals surface area contributed by atoms with Crippen molar-refractivity contribution < 1.29 is 14.3 Å². The van der Waals surface area contributed by atoms with Crippen LogP contribution in [-0.2, 0) is 22.4 Å². The number of aryl methyl sites for hydroxylation is 3. The lowest BCUT2D eigenvalue weighted by molar-refractivity contribution is -0.123. The number of amides is 1. The molecule has 2 aromatic heterocycles. The number of thiophene rings is 1. The summed E-state index contributed by atoms with van der Waals surface area (Å²) in [6.07, 6.45) is 2.95. The third-order valence-electron chi connectivity index (χ3n) is 5.70. The third-order valence-corrected chi connectivity index (χ3v) is 6.90. The summed E-state index contributed by atoms with van der Waals surface area (Å²) in [5, 5.41) is 12.9.